The summed E-state index contributed by atoms with van der Waals surface area (Å²) in [5, 5.41) is 8.28. The van der Waals surface area contributed by atoms with Crippen LogP contribution in [0.3, 0.4) is 0 Å². The van der Waals surface area contributed by atoms with E-state index in [0.717, 1.165) is 12.8 Å². The molecule has 1 aliphatic carbocycles. The van der Waals surface area contributed by atoms with Gasteiger partial charge < -0.3 is 10.6 Å². The van der Waals surface area contributed by atoms with Crippen LogP contribution in [0.1, 0.15) is 52.9 Å². The molecular weight excluding hydrogens is 242 g/mol. The number of imide groups is 1. The van der Waals surface area contributed by atoms with E-state index in [2.05, 4.69) is 22.9 Å². The first-order chi connectivity index (χ1) is 9.08. The lowest BCUT2D eigenvalue weighted by Crippen LogP contribution is -2.52. The van der Waals surface area contributed by atoms with Crippen LogP contribution >= 0.6 is 0 Å². The average Bonchev–Trinajstić information content (AvgIpc) is 2.39. The maximum absolute atomic E-state index is 11.9. The Balaban J connectivity index is 2.41. The summed E-state index contributed by atoms with van der Waals surface area (Å²) in [4.78, 5) is 23.2. The van der Waals surface area contributed by atoms with E-state index in [-0.39, 0.29) is 11.9 Å². The zero-order valence-corrected chi connectivity index (χ0v) is 12.3. The molecule has 3 atom stereocenters. The number of carbonyl (C=O) groups excluding carboxylic acids is 2. The molecule has 110 valence electrons. The Bertz CT molecular complexity index is 307. The highest BCUT2D eigenvalue weighted by Gasteiger charge is 2.26. The molecule has 1 saturated carbocycles. The zero-order chi connectivity index (χ0) is 14.3. The third-order valence-corrected chi connectivity index (χ3v) is 3.86. The molecule has 0 bridgehead atoms. The number of hydrogen-bond acceptors (Lipinski definition) is 3. The van der Waals surface area contributed by atoms with E-state index >= 15 is 0 Å². The summed E-state index contributed by atoms with van der Waals surface area (Å²) >= 11 is 0. The molecule has 3 unspecified atom stereocenters. The standard InChI is InChI=1S/C14H27N3O2/c1-4-11-8-6-7-9-12(11)16-10(3)13(18)17-14(19)15-5-2/h10-12,16H,4-9H2,1-3H3,(H2,15,17,18,19). The number of carbonyl (C=O) groups is 2. The Morgan fingerprint density at radius 3 is 2.53 bits per heavy atom. The first-order valence-corrected chi connectivity index (χ1v) is 7.43. The van der Waals surface area contributed by atoms with E-state index in [1.54, 1.807) is 0 Å². The lowest BCUT2D eigenvalue weighted by atomic mass is 9.82. The normalized spacial score (nSPS) is 24.6. The van der Waals surface area contributed by atoms with Crippen LogP contribution in [0.25, 0.3) is 0 Å². The Labute approximate surface area is 115 Å². The monoisotopic (exact) mass is 269 g/mol. The molecule has 0 aliphatic heterocycles. The topological polar surface area (TPSA) is 70.2 Å². The van der Waals surface area contributed by atoms with Crippen LogP contribution in [0.15, 0.2) is 0 Å². The molecule has 0 heterocycles. The van der Waals surface area contributed by atoms with Crippen molar-refractivity contribution in [1.82, 2.24) is 16.0 Å². The minimum absolute atomic E-state index is 0.258. The quantitative estimate of drug-likeness (QED) is 0.712. The van der Waals surface area contributed by atoms with E-state index in [9.17, 15) is 9.59 Å². The van der Waals surface area contributed by atoms with Crippen molar-refractivity contribution in [3.63, 3.8) is 0 Å². The van der Waals surface area contributed by atoms with Crippen LogP contribution in [-0.2, 0) is 4.79 Å². The van der Waals surface area contributed by atoms with Crippen molar-refractivity contribution in [3.8, 4) is 0 Å². The molecule has 1 rings (SSSR count). The van der Waals surface area contributed by atoms with E-state index in [4.69, 9.17) is 0 Å². The Hall–Kier alpha value is -1.10. The SMILES string of the molecule is CCNC(=O)NC(=O)C(C)NC1CCCCC1CC. The van der Waals surface area contributed by atoms with Gasteiger partial charge in [0.15, 0.2) is 0 Å². The smallest absolute Gasteiger partial charge is 0.321 e. The van der Waals surface area contributed by atoms with Crippen LogP contribution in [0.2, 0.25) is 0 Å². The fraction of sp³-hybridized carbons (Fsp3) is 0.857. The average molecular weight is 269 g/mol. The van der Waals surface area contributed by atoms with Gasteiger partial charge in [-0.1, -0.05) is 26.2 Å². The van der Waals surface area contributed by atoms with E-state index in [1.807, 2.05) is 13.8 Å². The second-order valence-electron chi connectivity index (χ2n) is 5.30. The van der Waals surface area contributed by atoms with Gasteiger partial charge in [0.05, 0.1) is 6.04 Å². The van der Waals surface area contributed by atoms with E-state index < -0.39 is 6.03 Å². The second kappa shape index (κ2) is 8.15. The summed E-state index contributed by atoms with van der Waals surface area (Å²) in [7, 11) is 0. The van der Waals surface area contributed by atoms with Gasteiger partial charge in [-0.15, -0.1) is 0 Å². The highest BCUT2D eigenvalue weighted by Crippen LogP contribution is 2.27. The van der Waals surface area contributed by atoms with E-state index in [1.165, 1.54) is 19.3 Å². The summed E-state index contributed by atoms with van der Waals surface area (Å²) in [6.07, 6.45) is 6.01. The molecular formula is C14H27N3O2. The van der Waals surface area contributed by atoms with Gasteiger partial charge in [0, 0.05) is 12.6 Å². The highest BCUT2D eigenvalue weighted by atomic mass is 16.2. The molecule has 1 aliphatic rings. The van der Waals surface area contributed by atoms with Crippen molar-refractivity contribution < 1.29 is 9.59 Å². The summed E-state index contributed by atoms with van der Waals surface area (Å²) in [5.74, 6) is 0.389. The minimum Gasteiger partial charge on any atom is -0.338 e. The minimum atomic E-state index is -0.420. The largest absolute Gasteiger partial charge is 0.338 e. The molecule has 3 amide bonds. The Morgan fingerprint density at radius 1 is 1.21 bits per heavy atom. The fourth-order valence-electron chi connectivity index (χ4n) is 2.74. The molecule has 5 nitrogen and oxygen atoms in total. The summed E-state index contributed by atoms with van der Waals surface area (Å²) in [5.41, 5.74) is 0. The van der Waals surface area contributed by atoms with Crippen molar-refractivity contribution in [1.29, 1.82) is 0 Å². The van der Waals surface area contributed by atoms with Crippen molar-refractivity contribution in [2.75, 3.05) is 6.54 Å². The van der Waals surface area contributed by atoms with Crippen molar-refractivity contribution >= 4 is 11.9 Å². The van der Waals surface area contributed by atoms with Gasteiger partial charge in [-0.3, -0.25) is 10.1 Å². The predicted octanol–water partition coefficient (Wildman–Crippen LogP) is 1.78. The van der Waals surface area contributed by atoms with Crippen LogP contribution in [0.4, 0.5) is 4.79 Å². The van der Waals surface area contributed by atoms with Gasteiger partial charge in [-0.05, 0) is 32.6 Å². The lowest BCUT2D eigenvalue weighted by molar-refractivity contribution is -0.122. The molecule has 0 aromatic rings. The van der Waals surface area contributed by atoms with Gasteiger partial charge in [-0.25, -0.2) is 4.79 Å². The van der Waals surface area contributed by atoms with Crippen LogP contribution in [-0.4, -0.2) is 30.6 Å². The predicted molar refractivity (Wildman–Crippen MR) is 75.9 cm³/mol. The van der Waals surface area contributed by atoms with E-state index in [0.29, 0.717) is 18.5 Å². The maximum atomic E-state index is 11.9. The summed E-state index contributed by atoms with van der Waals surface area (Å²) in [6.45, 7) is 6.35. The number of urea groups is 1. The number of amides is 3. The number of rotatable bonds is 5. The van der Waals surface area contributed by atoms with Gasteiger partial charge in [0.2, 0.25) is 5.91 Å². The first kappa shape index (κ1) is 16.0. The third-order valence-electron chi connectivity index (χ3n) is 3.86. The van der Waals surface area contributed by atoms with Crippen molar-refractivity contribution in [2.45, 2.75) is 65.0 Å². The highest BCUT2D eigenvalue weighted by molar-refractivity contribution is 5.96. The summed E-state index contributed by atoms with van der Waals surface area (Å²) in [6, 6.07) is -0.356. The molecule has 0 saturated heterocycles. The molecule has 3 N–H and O–H groups in total. The first-order valence-electron chi connectivity index (χ1n) is 7.43. The molecule has 0 aromatic carbocycles. The van der Waals surface area contributed by atoms with Gasteiger partial charge in [0.25, 0.3) is 0 Å². The van der Waals surface area contributed by atoms with Crippen molar-refractivity contribution in [3.05, 3.63) is 0 Å². The summed E-state index contributed by atoms with van der Waals surface area (Å²) < 4.78 is 0. The van der Waals surface area contributed by atoms with Crippen molar-refractivity contribution in [2.24, 2.45) is 5.92 Å². The molecule has 0 radical (unpaired) electrons. The Morgan fingerprint density at radius 2 is 1.89 bits per heavy atom. The molecule has 0 spiro atoms. The molecule has 0 aromatic heterocycles. The van der Waals surface area contributed by atoms with Gasteiger partial charge in [0.1, 0.15) is 0 Å². The molecule has 5 heteroatoms. The number of hydrogen-bond donors (Lipinski definition) is 3. The lowest BCUT2D eigenvalue weighted by Gasteiger charge is -2.33. The third kappa shape index (κ3) is 5.19. The van der Waals surface area contributed by atoms with Gasteiger partial charge in [-0.2, -0.15) is 0 Å². The fourth-order valence-corrected chi connectivity index (χ4v) is 2.74. The zero-order valence-electron chi connectivity index (χ0n) is 12.3. The maximum Gasteiger partial charge on any atom is 0.321 e. The van der Waals surface area contributed by atoms with Crippen LogP contribution < -0.4 is 16.0 Å². The molecule has 19 heavy (non-hydrogen) atoms. The molecule has 1 fully saturated rings. The second-order valence-corrected chi connectivity index (χ2v) is 5.30. The van der Waals surface area contributed by atoms with Crippen LogP contribution in [0, 0.1) is 5.92 Å². The van der Waals surface area contributed by atoms with Gasteiger partial charge >= 0.3 is 6.03 Å². The Kier molecular flexibility index (Phi) is 6.84. The van der Waals surface area contributed by atoms with Crippen LogP contribution in [0.5, 0.6) is 0 Å². The number of nitrogens with one attached hydrogen (secondary N) is 3.